The van der Waals surface area contributed by atoms with Crippen LogP contribution in [0.15, 0.2) is 29.7 Å². The molecule has 4 N–H and O–H groups in total. The molecule has 7 nitrogen and oxygen atoms in total. The molecule has 1 aliphatic rings. The molecule has 0 aliphatic carbocycles. The number of halogens is 3. The van der Waals surface area contributed by atoms with Crippen LogP contribution in [0.1, 0.15) is 12.0 Å². The summed E-state index contributed by atoms with van der Waals surface area (Å²) >= 11 is 0. The molecule has 0 unspecified atom stereocenters. The quantitative estimate of drug-likeness (QED) is 0.615. The first-order chi connectivity index (χ1) is 10.8. The molecule has 1 aromatic rings. The molecule has 0 amide bonds. The lowest BCUT2D eigenvalue weighted by Crippen LogP contribution is -2.43. The van der Waals surface area contributed by atoms with Crippen molar-refractivity contribution in [2.75, 3.05) is 13.2 Å². The summed E-state index contributed by atoms with van der Waals surface area (Å²) in [6, 6.07) is 2.95. The zero-order valence-corrected chi connectivity index (χ0v) is 11.9. The first-order valence-corrected chi connectivity index (χ1v) is 6.69. The van der Waals surface area contributed by atoms with E-state index in [9.17, 15) is 18.0 Å². The van der Waals surface area contributed by atoms with E-state index >= 15 is 0 Å². The molecule has 1 aliphatic heterocycles. The van der Waals surface area contributed by atoms with Crippen molar-refractivity contribution in [2.24, 2.45) is 0 Å². The minimum absolute atomic E-state index is 0.149. The third kappa shape index (κ3) is 5.33. The van der Waals surface area contributed by atoms with Crippen LogP contribution in [0.3, 0.4) is 0 Å². The highest BCUT2D eigenvalue weighted by atomic mass is 19.4. The smallest absolute Gasteiger partial charge is 0.422 e. The Morgan fingerprint density at radius 2 is 2.26 bits per heavy atom. The van der Waals surface area contributed by atoms with E-state index in [2.05, 4.69) is 25.9 Å². The van der Waals surface area contributed by atoms with Crippen LogP contribution in [0, 0.1) is 0 Å². The lowest BCUT2D eigenvalue weighted by molar-refractivity contribution is -0.154. The summed E-state index contributed by atoms with van der Waals surface area (Å²) in [6.07, 6.45) is -2.77. The van der Waals surface area contributed by atoms with E-state index in [0.29, 0.717) is 24.4 Å². The molecule has 2 heterocycles. The van der Waals surface area contributed by atoms with E-state index in [-0.39, 0.29) is 18.0 Å². The summed E-state index contributed by atoms with van der Waals surface area (Å²) in [6.45, 7) is -0.736. The first kappa shape index (κ1) is 16.9. The van der Waals surface area contributed by atoms with E-state index in [1.165, 1.54) is 12.3 Å². The SMILES string of the molecule is O=C(O)C1=C(NCc2ccnc(OCC(F)(F)F)c2)NNCC1. The fourth-order valence-corrected chi connectivity index (χ4v) is 1.89. The Bertz CT molecular complexity index is 604. The number of carboxylic acids is 1. The third-order valence-electron chi connectivity index (χ3n) is 2.93. The number of hydrogen-bond donors (Lipinski definition) is 4. The van der Waals surface area contributed by atoms with Crippen LogP contribution in [0.25, 0.3) is 0 Å². The molecular formula is C13H15F3N4O3. The number of hydrazine groups is 1. The van der Waals surface area contributed by atoms with Gasteiger partial charge in [0.15, 0.2) is 6.61 Å². The molecule has 0 bridgehead atoms. The highest BCUT2D eigenvalue weighted by molar-refractivity contribution is 5.87. The van der Waals surface area contributed by atoms with Crippen molar-refractivity contribution in [1.82, 2.24) is 21.2 Å². The molecule has 0 radical (unpaired) electrons. The van der Waals surface area contributed by atoms with Gasteiger partial charge in [-0.1, -0.05) is 0 Å². The van der Waals surface area contributed by atoms with Crippen LogP contribution >= 0.6 is 0 Å². The van der Waals surface area contributed by atoms with Crippen molar-refractivity contribution in [3.8, 4) is 5.88 Å². The summed E-state index contributed by atoms with van der Waals surface area (Å²) < 4.78 is 40.9. The number of alkyl halides is 3. The number of hydrogen-bond acceptors (Lipinski definition) is 6. The number of rotatable bonds is 6. The van der Waals surface area contributed by atoms with Crippen molar-refractivity contribution < 1.29 is 27.8 Å². The molecule has 2 rings (SSSR count). The van der Waals surface area contributed by atoms with Gasteiger partial charge in [0.25, 0.3) is 0 Å². The molecular weight excluding hydrogens is 317 g/mol. The predicted molar refractivity (Wildman–Crippen MR) is 73.0 cm³/mol. The summed E-state index contributed by atoms with van der Waals surface area (Å²) in [5.74, 6) is -0.868. The van der Waals surface area contributed by atoms with Gasteiger partial charge in [0.05, 0.1) is 5.57 Å². The molecule has 0 aromatic carbocycles. The Morgan fingerprint density at radius 1 is 1.48 bits per heavy atom. The zero-order valence-electron chi connectivity index (χ0n) is 11.9. The Hall–Kier alpha value is -2.49. The van der Waals surface area contributed by atoms with Gasteiger partial charge in [-0.3, -0.25) is 0 Å². The van der Waals surface area contributed by atoms with Crippen molar-refractivity contribution in [1.29, 1.82) is 0 Å². The molecule has 0 saturated heterocycles. The number of ether oxygens (including phenoxy) is 1. The van der Waals surface area contributed by atoms with Gasteiger partial charge >= 0.3 is 12.1 Å². The van der Waals surface area contributed by atoms with Gasteiger partial charge in [-0.2, -0.15) is 13.2 Å². The van der Waals surface area contributed by atoms with Crippen LogP contribution in [0.2, 0.25) is 0 Å². The monoisotopic (exact) mass is 332 g/mol. The molecule has 1 aromatic heterocycles. The van der Waals surface area contributed by atoms with Crippen molar-refractivity contribution in [3.05, 3.63) is 35.3 Å². The largest absolute Gasteiger partial charge is 0.478 e. The van der Waals surface area contributed by atoms with Gasteiger partial charge in [0, 0.05) is 25.4 Å². The Morgan fingerprint density at radius 3 is 2.96 bits per heavy atom. The number of carboxylic acid groups (broad SMARTS) is 1. The van der Waals surface area contributed by atoms with E-state index in [0.717, 1.165) is 0 Å². The zero-order chi connectivity index (χ0) is 16.9. The Balaban J connectivity index is 1.99. The number of nitrogens with one attached hydrogen (secondary N) is 3. The van der Waals surface area contributed by atoms with Crippen molar-refractivity contribution in [3.63, 3.8) is 0 Å². The summed E-state index contributed by atoms with van der Waals surface area (Å²) in [4.78, 5) is 14.8. The second kappa shape index (κ2) is 7.18. The molecule has 0 saturated carbocycles. The average molecular weight is 332 g/mol. The second-order valence-electron chi connectivity index (χ2n) is 4.72. The molecule has 0 fully saturated rings. The van der Waals surface area contributed by atoms with Crippen molar-refractivity contribution >= 4 is 5.97 Å². The lowest BCUT2D eigenvalue weighted by atomic mass is 10.1. The van der Waals surface area contributed by atoms with Crippen LogP contribution in [-0.2, 0) is 11.3 Å². The van der Waals surface area contributed by atoms with Crippen LogP contribution in [-0.4, -0.2) is 35.4 Å². The minimum atomic E-state index is -4.44. The van der Waals surface area contributed by atoms with Gasteiger partial charge < -0.3 is 20.6 Å². The van der Waals surface area contributed by atoms with Gasteiger partial charge in [0.2, 0.25) is 5.88 Å². The lowest BCUT2D eigenvalue weighted by Gasteiger charge is -2.22. The maximum Gasteiger partial charge on any atom is 0.422 e. The van der Waals surface area contributed by atoms with Crippen molar-refractivity contribution in [2.45, 2.75) is 19.1 Å². The van der Waals surface area contributed by atoms with Crippen LogP contribution < -0.4 is 20.9 Å². The van der Waals surface area contributed by atoms with E-state index < -0.39 is 18.8 Å². The molecule has 126 valence electrons. The number of pyridine rings is 1. The fraction of sp³-hybridized carbons (Fsp3) is 0.385. The summed E-state index contributed by atoms with van der Waals surface area (Å²) in [7, 11) is 0. The Kier molecular flexibility index (Phi) is 5.27. The second-order valence-corrected chi connectivity index (χ2v) is 4.72. The highest BCUT2D eigenvalue weighted by Crippen LogP contribution is 2.17. The number of aliphatic carboxylic acids is 1. The normalized spacial score (nSPS) is 15.1. The van der Waals surface area contributed by atoms with Gasteiger partial charge in [-0.15, -0.1) is 0 Å². The molecule has 0 spiro atoms. The van der Waals surface area contributed by atoms with E-state index in [4.69, 9.17) is 5.11 Å². The highest BCUT2D eigenvalue weighted by Gasteiger charge is 2.28. The minimum Gasteiger partial charge on any atom is -0.478 e. The predicted octanol–water partition coefficient (Wildman–Crippen LogP) is 0.906. The van der Waals surface area contributed by atoms with Crippen LogP contribution in [0.5, 0.6) is 5.88 Å². The van der Waals surface area contributed by atoms with Gasteiger partial charge in [-0.05, 0) is 18.1 Å². The van der Waals surface area contributed by atoms with E-state index in [1.54, 1.807) is 6.07 Å². The third-order valence-corrected chi connectivity index (χ3v) is 2.93. The maximum atomic E-state index is 12.1. The number of carbonyl (C=O) groups is 1. The molecule has 0 atom stereocenters. The van der Waals surface area contributed by atoms with E-state index in [1.807, 2.05) is 0 Å². The first-order valence-electron chi connectivity index (χ1n) is 6.69. The summed E-state index contributed by atoms with van der Waals surface area (Å²) in [5.41, 5.74) is 6.33. The maximum absolute atomic E-state index is 12.1. The van der Waals surface area contributed by atoms with Gasteiger partial charge in [0.1, 0.15) is 5.82 Å². The molecule has 10 heteroatoms. The standard InChI is InChI=1S/C13H15F3N4O3/c14-13(15,16)7-23-10-5-8(1-3-17-10)6-18-11-9(12(21)22)2-4-19-20-11/h1,3,5,18-20H,2,4,6-7H2,(H,21,22). The summed E-state index contributed by atoms with van der Waals surface area (Å²) in [5, 5.41) is 12.0. The van der Waals surface area contributed by atoms with Crippen LogP contribution in [0.4, 0.5) is 13.2 Å². The molecule has 23 heavy (non-hydrogen) atoms. The van der Waals surface area contributed by atoms with Gasteiger partial charge in [-0.25, -0.2) is 15.2 Å². The number of aromatic nitrogens is 1. The average Bonchev–Trinajstić information content (AvgIpc) is 2.51. The topological polar surface area (TPSA) is 95.5 Å². The Labute approximate surface area is 129 Å². The number of nitrogens with zero attached hydrogens (tertiary/aromatic N) is 1. The fourth-order valence-electron chi connectivity index (χ4n) is 1.89.